The van der Waals surface area contributed by atoms with E-state index in [1.165, 1.54) is 0 Å². The van der Waals surface area contributed by atoms with E-state index in [0.29, 0.717) is 6.92 Å². The maximum atomic E-state index is 13.0. The van der Waals surface area contributed by atoms with Crippen LogP contribution in [0.25, 0.3) is 0 Å². The predicted octanol–water partition coefficient (Wildman–Crippen LogP) is 2.86. The Morgan fingerprint density at radius 3 is 1.71 bits per heavy atom. The normalized spacial score (nSPS) is 14.9. The highest BCUT2D eigenvalue weighted by Crippen LogP contribution is 2.25. The lowest BCUT2D eigenvalue weighted by Crippen LogP contribution is -2.39. The van der Waals surface area contributed by atoms with Crippen LogP contribution >= 0.6 is 0 Å². The minimum atomic E-state index is -5.27. The lowest BCUT2D eigenvalue weighted by atomic mass is 10.1. The van der Waals surface area contributed by atoms with Crippen LogP contribution in [0.4, 0.5) is 22.0 Å². The van der Waals surface area contributed by atoms with E-state index >= 15 is 0 Å². The van der Waals surface area contributed by atoms with Crippen molar-refractivity contribution in [3.63, 3.8) is 0 Å². The van der Waals surface area contributed by atoms with Crippen molar-refractivity contribution >= 4 is 22.1 Å². The molecule has 0 aromatic heterocycles. The van der Waals surface area contributed by atoms with Gasteiger partial charge in [0.05, 0.1) is 11.1 Å². The molecule has 28 heavy (non-hydrogen) atoms. The number of ether oxygens (including phenoxy) is 2. The van der Waals surface area contributed by atoms with E-state index in [1.807, 2.05) is 0 Å². The third kappa shape index (κ3) is 7.38. The summed E-state index contributed by atoms with van der Waals surface area (Å²) in [6, 6.07) is 3.55. The van der Waals surface area contributed by atoms with Gasteiger partial charge in [-0.2, -0.15) is 21.6 Å². The van der Waals surface area contributed by atoms with Gasteiger partial charge < -0.3 is 9.47 Å². The molecule has 0 aliphatic heterocycles. The van der Waals surface area contributed by atoms with Gasteiger partial charge in [-0.05, 0) is 31.2 Å². The van der Waals surface area contributed by atoms with Crippen LogP contribution in [0.2, 0.25) is 0 Å². The van der Waals surface area contributed by atoms with E-state index in [9.17, 15) is 40.0 Å². The number of esters is 2. The molecule has 0 aliphatic carbocycles. The monoisotopic (exact) mass is 434 g/mol. The van der Waals surface area contributed by atoms with Crippen LogP contribution in [-0.4, -0.2) is 55.0 Å². The van der Waals surface area contributed by atoms with Crippen LogP contribution < -0.4 is 0 Å². The Kier molecular flexibility index (Phi) is 7.12. The van der Waals surface area contributed by atoms with Crippen LogP contribution in [0.15, 0.2) is 24.3 Å². The van der Waals surface area contributed by atoms with Gasteiger partial charge >= 0.3 is 18.1 Å². The Morgan fingerprint density at radius 1 is 1.00 bits per heavy atom. The van der Waals surface area contributed by atoms with Crippen molar-refractivity contribution in [1.29, 1.82) is 0 Å². The van der Waals surface area contributed by atoms with Crippen molar-refractivity contribution in [2.45, 2.75) is 38.2 Å². The van der Waals surface area contributed by atoms with E-state index in [0.717, 1.165) is 31.2 Å². The van der Waals surface area contributed by atoms with E-state index in [1.54, 1.807) is 0 Å². The first-order valence-electron chi connectivity index (χ1n) is 7.42. The lowest BCUT2D eigenvalue weighted by Gasteiger charge is -2.20. The highest BCUT2D eigenvalue weighted by atomic mass is 32.2. The maximum absolute atomic E-state index is 13.0. The summed E-state index contributed by atoms with van der Waals surface area (Å²) in [4.78, 5) is 23.5. The van der Waals surface area contributed by atoms with Gasteiger partial charge in [-0.15, -0.1) is 0 Å². The third-order valence-corrected chi connectivity index (χ3v) is 4.05. The van der Waals surface area contributed by atoms with E-state index < -0.39 is 57.7 Å². The Bertz CT molecular complexity index is 813. The fraction of sp³-hybridized carbons (Fsp3) is 0.467. The summed E-state index contributed by atoms with van der Waals surface area (Å²) in [5, 5.41) is 0. The number of hydrogen-bond donors (Lipinski definition) is 1. The van der Waals surface area contributed by atoms with Gasteiger partial charge in [0.25, 0.3) is 16.0 Å². The molecule has 0 radical (unpaired) electrons. The maximum Gasteiger partial charge on any atom is 0.426 e. The fourth-order valence-electron chi connectivity index (χ4n) is 1.66. The van der Waals surface area contributed by atoms with Gasteiger partial charge in [0.1, 0.15) is 5.75 Å². The summed E-state index contributed by atoms with van der Waals surface area (Å²) in [5.74, 6) is -7.94. The van der Waals surface area contributed by atoms with Crippen molar-refractivity contribution < 1.29 is 54.0 Å². The smallest absolute Gasteiger partial charge is 0.426 e. The summed E-state index contributed by atoms with van der Waals surface area (Å²) in [6.07, 6.45) is -10.1. The van der Waals surface area contributed by atoms with Crippen molar-refractivity contribution in [3.8, 4) is 0 Å². The Labute approximate surface area is 156 Å². The van der Waals surface area contributed by atoms with Gasteiger partial charge in [-0.3, -0.25) is 4.55 Å². The first-order chi connectivity index (χ1) is 12.5. The number of halogens is 5. The molecule has 0 aliphatic rings. The molecule has 1 aromatic carbocycles. The first kappa shape index (κ1) is 23.8. The lowest BCUT2D eigenvalue weighted by molar-refractivity contribution is -0.197. The summed E-state index contributed by atoms with van der Waals surface area (Å²) in [6.45, 7) is 1.49. The molecule has 1 aromatic rings. The molecule has 0 bridgehead atoms. The molecule has 13 heteroatoms. The van der Waals surface area contributed by atoms with Gasteiger partial charge in [0.2, 0.25) is 6.10 Å². The standard InChI is InChI=1S/C15H15F5O7S/c1-8(14(2,16)17)26-12(21)9-3-5-10(6-4-9)13(22)27-11(15(18,19)20)7-28(23,24)25/h3-6,8,11H,7H2,1-2H3,(H,23,24,25). The predicted molar refractivity (Wildman–Crippen MR) is 83.6 cm³/mol. The van der Waals surface area contributed by atoms with Crippen LogP contribution in [0.3, 0.4) is 0 Å². The Morgan fingerprint density at radius 2 is 1.39 bits per heavy atom. The molecule has 0 spiro atoms. The average molecular weight is 434 g/mol. The van der Waals surface area contributed by atoms with Crippen molar-refractivity contribution in [1.82, 2.24) is 0 Å². The number of benzene rings is 1. The molecule has 2 unspecified atom stereocenters. The summed E-state index contributed by atoms with van der Waals surface area (Å²) in [7, 11) is -5.10. The fourth-order valence-corrected chi connectivity index (χ4v) is 2.30. The van der Waals surface area contributed by atoms with E-state index in [-0.39, 0.29) is 5.56 Å². The second kappa shape index (κ2) is 8.39. The average Bonchev–Trinajstić information content (AvgIpc) is 2.51. The van der Waals surface area contributed by atoms with Crippen LogP contribution in [0.1, 0.15) is 34.6 Å². The SMILES string of the molecule is CC(OC(=O)c1ccc(C(=O)OC(CS(=O)(=O)O)C(F)(F)F)cc1)C(C)(F)F. The quantitative estimate of drug-likeness (QED) is 0.400. The molecule has 1 N–H and O–H groups in total. The molecule has 0 heterocycles. The minimum Gasteiger partial charge on any atom is -0.453 e. The third-order valence-electron chi connectivity index (χ3n) is 3.33. The molecular weight excluding hydrogens is 419 g/mol. The van der Waals surface area contributed by atoms with E-state index in [2.05, 4.69) is 9.47 Å². The molecule has 2 atom stereocenters. The van der Waals surface area contributed by atoms with Gasteiger partial charge in [0.15, 0.2) is 6.10 Å². The van der Waals surface area contributed by atoms with Crippen molar-refractivity contribution in [2.75, 3.05) is 5.75 Å². The second-order valence-corrected chi connectivity index (χ2v) is 7.26. The van der Waals surface area contributed by atoms with Gasteiger partial charge in [-0.1, -0.05) is 0 Å². The van der Waals surface area contributed by atoms with Crippen molar-refractivity contribution in [3.05, 3.63) is 35.4 Å². The highest BCUT2D eigenvalue weighted by molar-refractivity contribution is 7.85. The largest absolute Gasteiger partial charge is 0.453 e. The molecule has 0 saturated carbocycles. The topological polar surface area (TPSA) is 107 Å². The van der Waals surface area contributed by atoms with Crippen LogP contribution in [0.5, 0.6) is 0 Å². The Hall–Kier alpha value is -2.28. The zero-order chi connectivity index (χ0) is 21.9. The molecule has 0 fully saturated rings. The summed E-state index contributed by atoms with van der Waals surface area (Å²) < 4.78 is 103. The molecular formula is C15H15F5O7S. The molecule has 158 valence electrons. The zero-order valence-corrected chi connectivity index (χ0v) is 15.2. The number of hydrogen-bond acceptors (Lipinski definition) is 6. The van der Waals surface area contributed by atoms with Crippen molar-refractivity contribution in [2.24, 2.45) is 0 Å². The second-order valence-electron chi connectivity index (χ2n) is 5.77. The van der Waals surface area contributed by atoms with Gasteiger partial charge in [-0.25, -0.2) is 18.4 Å². The summed E-state index contributed by atoms with van der Waals surface area (Å²) in [5.41, 5.74) is -0.757. The molecule has 0 amide bonds. The van der Waals surface area contributed by atoms with Crippen LogP contribution in [-0.2, 0) is 19.6 Å². The number of alkyl halides is 5. The minimum absolute atomic E-state index is 0.266. The highest BCUT2D eigenvalue weighted by Gasteiger charge is 2.45. The molecule has 1 rings (SSSR count). The molecule has 0 saturated heterocycles. The summed E-state index contributed by atoms with van der Waals surface area (Å²) >= 11 is 0. The first-order valence-corrected chi connectivity index (χ1v) is 9.03. The zero-order valence-electron chi connectivity index (χ0n) is 14.4. The van der Waals surface area contributed by atoms with Crippen LogP contribution in [0, 0.1) is 0 Å². The Balaban J connectivity index is 2.89. The molecule has 7 nitrogen and oxygen atoms in total. The number of carbonyl (C=O) groups excluding carboxylic acids is 2. The number of carbonyl (C=O) groups is 2. The number of rotatable bonds is 7. The van der Waals surface area contributed by atoms with Gasteiger partial charge in [0, 0.05) is 6.92 Å². The van der Waals surface area contributed by atoms with E-state index in [4.69, 9.17) is 4.55 Å².